The normalized spacial score (nSPS) is 11.0. The summed E-state index contributed by atoms with van der Waals surface area (Å²) in [5.74, 6) is -0.335. The van der Waals surface area contributed by atoms with E-state index in [9.17, 15) is 9.59 Å². The summed E-state index contributed by atoms with van der Waals surface area (Å²) < 4.78 is 2.36. The number of aromatic nitrogens is 2. The van der Waals surface area contributed by atoms with E-state index in [0.717, 1.165) is 4.47 Å². The van der Waals surface area contributed by atoms with Crippen LogP contribution in [0.3, 0.4) is 0 Å². The highest BCUT2D eigenvalue weighted by Gasteiger charge is 2.11. The standard InChI is InChI=1S/C18H15BrN4O2/c1-12-16(11-20-21-17(24)13-5-3-2-4-6-13)18(25)23(22-12)15-9-7-14(19)8-10-15/h2-11,22H,1H3,(H,21,24)/b20-11+. The first kappa shape index (κ1) is 16.9. The second kappa shape index (κ2) is 7.31. The Hall–Kier alpha value is -2.93. The van der Waals surface area contributed by atoms with Crippen LogP contribution in [-0.2, 0) is 0 Å². The molecule has 6 nitrogen and oxygen atoms in total. The van der Waals surface area contributed by atoms with Crippen LogP contribution in [0.4, 0.5) is 0 Å². The largest absolute Gasteiger partial charge is 0.295 e. The highest BCUT2D eigenvalue weighted by Crippen LogP contribution is 2.13. The summed E-state index contributed by atoms with van der Waals surface area (Å²) in [7, 11) is 0. The van der Waals surface area contributed by atoms with Gasteiger partial charge in [-0.25, -0.2) is 10.1 Å². The number of amides is 1. The molecule has 0 aliphatic rings. The summed E-state index contributed by atoms with van der Waals surface area (Å²) >= 11 is 3.36. The molecule has 0 aliphatic carbocycles. The number of aryl methyl sites for hydroxylation is 1. The number of rotatable bonds is 4. The molecule has 1 amide bonds. The molecule has 2 N–H and O–H groups in total. The lowest BCUT2D eigenvalue weighted by Gasteiger charge is -2.00. The van der Waals surface area contributed by atoms with Crippen molar-refractivity contribution in [1.29, 1.82) is 0 Å². The van der Waals surface area contributed by atoms with Gasteiger partial charge in [-0.1, -0.05) is 34.1 Å². The van der Waals surface area contributed by atoms with Crippen molar-refractivity contribution in [2.45, 2.75) is 6.92 Å². The van der Waals surface area contributed by atoms with Gasteiger partial charge < -0.3 is 0 Å². The van der Waals surface area contributed by atoms with Gasteiger partial charge in [-0.3, -0.25) is 14.7 Å². The van der Waals surface area contributed by atoms with Crippen LogP contribution in [0.15, 0.2) is 69.0 Å². The van der Waals surface area contributed by atoms with Crippen molar-refractivity contribution in [3.8, 4) is 5.69 Å². The van der Waals surface area contributed by atoms with Crippen LogP contribution >= 0.6 is 15.9 Å². The molecule has 0 spiro atoms. The number of hydrazone groups is 1. The summed E-state index contributed by atoms with van der Waals surface area (Å²) in [6, 6.07) is 16.1. The average molecular weight is 399 g/mol. The highest BCUT2D eigenvalue weighted by molar-refractivity contribution is 9.10. The van der Waals surface area contributed by atoms with E-state index in [1.54, 1.807) is 31.2 Å². The lowest BCUT2D eigenvalue weighted by Crippen LogP contribution is -2.20. The van der Waals surface area contributed by atoms with Gasteiger partial charge in [-0.15, -0.1) is 0 Å². The number of benzene rings is 2. The Balaban J connectivity index is 1.80. The molecule has 126 valence electrons. The van der Waals surface area contributed by atoms with Gasteiger partial charge in [-0.05, 0) is 43.3 Å². The predicted octanol–water partition coefficient (Wildman–Crippen LogP) is 3.00. The van der Waals surface area contributed by atoms with Gasteiger partial charge in [0.25, 0.3) is 11.5 Å². The van der Waals surface area contributed by atoms with Crippen molar-refractivity contribution >= 4 is 28.1 Å². The average Bonchev–Trinajstić information content (AvgIpc) is 2.91. The van der Waals surface area contributed by atoms with Crippen LogP contribution in [0, 0.1) is 6.92 Å². The molecule has 2 aromatic carbocycles. The fourth-order valence-electron chi connectivity index (χ4n) is 2.29. The third-order valence-corrected chi connectivity index (χ3v) is 4.13. The molecule has 0 aliphatic heterocycles. The molecule has 0 saturated heterocycles. The number of aromatic amines is 1. The number of hydrogen-bond acceptors (Lipinski definition) is 3. The molecule has 0 unspecified atom stereocenters. The van der Waals surface area contributed by atoms with Gasteiger partial charge in [0, 0.05) is 15.7 Å². The van der Waals surface area contributed by atoms with E-state index in [-0.39, 0.29) is 11.5 Å². The van der Waals surface area contributed by atoms with Crippen LogP contribution in [-0.4, -0.2) is 21.9 Å². The fraction of sp³-hybridized carbons (Fsp3) is 0.0556. The van der Waals surface area contributed by atoms with Gasteiger partial charge >= 0.3 is 0 Å². The molecule has 0 bridgehead atoms. The molecule has 3 rings (SSSR count). The van der Waals surface area contributed by atoms with Gasteiger partial charge in [0.15, 0.2) is 0 Å². The maximum Gasteiger partial charge on any atom is 0.280 e. The highest BCUT2D eigenvalue weighted by atomic mass is 79.9. The first-order valence-electron chi connectivity index (χ1n) is 7.52. The van der Waals surface area contributed by atoms with E-state index in [2.05, 4.69) is 31.6 Å². The predicted molar refractivity (Wildman–Crippen MR) is 100 cm³/mol. The number of H-pyrrole nitrogens is 1. The Bertz CT molecular complexity index is 973. The third-order valence-electron chi connectivity index (χ3n) is 3.60. The lowest BCUT2D eigenvalue weighted by atomic mass is 10.2. The van der Waals surface area contributed by atoms with Gasteiger partial charge in [-0.2, -0.15) is 5.10 Å². The Kier molecular flexibility index (Phi) is 4.95. The third kappa shape index (κ3) is 3.77. The molecule has 0 saturated carbocycles. The minimum atomic E-state index is -0.335. The Labute approximate surface area is 152 Å². The van der Waals surface area contributed by atoms with Crippen LogP contribution in [0.1, 0.15) is 21.6 Å². The van der Waals surface area contributed by atoms with Crippen molar-refractivity contribution in [3.05, 3.63) is 86.2 Å². The van der Waals surface area contributed by atoms with E-state index in [4.69, 9.17) is 0 Å². The number of carbonyl (C=O) groups is 1. The molecule has 25 heavy (non-hydrogen) atoms. The Morgan fingerprint density at radius 2 is 1.84 bits per heavy atom. The van der Waals surface area contributed by atoms with Crippen molar-refractivity contribution in [2.75, 3.05) is 0 Å². The summed E-state index contributed by atoms with van der Waals surface area (Å²) in [4.78, 5) is 24.5. The summed E-state index contributed by atoms with van der Waals surface area (Å²) in [5, 5.41) is 6.90. The van der Waals surface area contributed by atoms with E-state index < -0.39 is 0 Å². The lowest BCUT2D eigenvalue weighted by molar-refractivity contribution is 0.0955. The monoisotopic (exact) mass is 398 g/mol. The molecule has 1 aromatic heterocycles. The SMILES string of the molecule is Cc1[nH]n(-c2ccc(Br)cc2)c(=O)c1/C=N/NC(=O)c1ccccc1. The quantitative estimate of drug-likeness (QED) is 0.523. The fourth-order valence-corrected chi connectivity index (χ4v) is 2.56. The van der Waals surface area contributed by atoms with Crippen LogP contribution in [0.5, 0.6) is 0 Å². The van der Waals surface area contributed by atoms with E-state index in [1.807, 2.05) is 30.3 Å². The zero-order valence-electron chi connectivity index (χ0n) is 13.4. The second-order valence-corrected chi connectivity index (χ2v) is 6.25. The zero-order valence-corrected chi connectivity index (χ0v) is 14.9. The van der Waals surface area contributed by atoms with Crippen molar-refractivity contribution in [3.63, 3.8) is 0 Å². The molecule has 0 radical (unpaired) electrons. The van der Waals surface area contributed by atoms with E-state index in [1.165, 1.54) is 10.9 Å². The number of nitrogens with zero attached hydrogens (tertiary/aromatic N) is 2. The minimum absolute atomic E-state index is 0.238. The minimum Gasteiger partial charge on any atom is -0.295 e. The second-order valence-electron chi connectivity index (χ2n) is 5.33. The maximum absolute atomic E-state index is 12.5. The maximum atomic E-state index is 12.5. The first-order chi connectivity index (χ1) is 12.1. The van der Waals surface area contributed by atoms with Gasteiger partial charge in [0.1, 0.15) is 0 Å². The molecular weight excluding hydrogens is 384 g/mol. The van der Waals surface area contributed by atoms with Gasteiger partial charge in [0.05, 0.1) is 17.5 Å². The van der Waals surface area contributed by atoms with Crippen molar-refractivity contribution in [1.82, 2.24) is 15.2 Å². The molecule has 1 heterocycles. The molecule has 0 fully saturated rings. The van der Waals surface area contributed by atoms with Crippen molar-refractivity contribution < 1.29 is 4.79 Å². The topological polar surface area (TPSA) is 79.2 Å². The van der Waals surface area contributed by atoms with Crippen LogP contribution < -0.4 is 11.0 Å². The number of halogens is 1. The smallest absolute Gasteiger partial charge is 0.280 e. The number of nitrogens with one attached hydrogen (secondary N) is 2. The summed E-state index contributed by atoms with van der Waals surface area (Å²) in [5.41, 5.74) is 4.44. The number of carbonyl (C=O) groups excluding carboxylic acids is 1. The van der Waals surface area contributed by atoms with E-state index >= 15 is 0 Å². The molecule has 7 heteroatoms. The molecule has 0 atom stereocenters. The first-order valence-corrected chi connectivity index (χ1v) is 8.31. The molecule has 3 aromatic rings. The zero-order chi connectivity index (χ0) is 17.8. The summed E-state index contributed by atoms with van der Waals surface area (Å²) in [6.07, 6.45) is 1.35. The molecular formula is C18H15BrN4O2. The number of hydrogen-bond donors (Lipinski definition) is 2. The van der Waals surface area contributed by atoms with Gasteiger partial charge in [0.2, 0.25) is 0 Å². The van der Waals surface area contributed by atoms with Crippen LogP contribution in [0.2, 0.25) is 0 Å². The van der Waals surface area contributed by atoms with Crippen LogP contribution in [0.25, 0.3) is 5.69 Å². The van der Waals surface area contributed by atoms with E-state index in [0.29, 0.717) is 22.5 Å². The Morgan fingerprint density at radius 1 is 1.16 bits per heavy atom. The summed E-state index contributed by atoms with van der Waals surface area (Å²) in [6.45, 7) is 1.77. The van der Waals surface area contributed by atoms with Crippen molar-refractivity contribution in [2.24, 2.45) is 5.10 Å². The Morgan fingerprint density at radius 3 is 2.52 bits per heavy atom.